The van der Waals surface area contributed by atoms with Crippen molar-refractivity contribution in [2.45, 2.75) is 51.6 Å². The van der Waals surface area contributed by atoms with Crippen molar-refractivity contribution in [1.82, 2.24) is 9.97 Å². The second-order valence-corrected chi connectivity index (χ2v) is 6.68. The number of nitrogens with one attached hydrogen (secondary N) is 1. The van der Waals surface area contributed by atoms with Crippen LogP contribution >= 0.6 is 11.6 Å². The molecule has 5 heteroatoms. The maximum atomic E-state index is 9.81. The van der Waals surface area contributed by atoms with E-state index < -0.39 is 0 Å². The fraction of sp³-hybridized carbons (Fsp3) is 0.714. The van der Waals surface area contributed by atoms with E-state index in [2.05, 4.69) is 36.1 Å². The Hall–Kier alpha value is -0.870. The van der Waals surface area contributed by atoms with Crippen LogP contribution in [0.4, 0.5) is 5.82 Å². The Kier molecular flexibility index (Phi) is 4.31. The molecule has 1 aromatic heterocycles. The Morgan fingerprint density at radius 3 is 2.68 bits per heavy atom. The first-order valence-electron chi connectivity index (χ1n) is 6.83. The number of aliphatic hydroxyl groups is 1. The van der Waals surface area contributed by atoms with Gasteiger partial charge in [0.1, 0.15) is 16.8 Å². The van der Waals surface area contributed by atoms with Gasteiger partial charge in [-0.3, -0.25) is 0 Å². The van der Waals surface area contributed by atoms with Crippen molar-refractivity contribution in [2.24, 2.45) is 5.92 Å². The summed E-state index contributed by atoms with van der Waals surface area (Å²) in [6.45, 7) is 6.91. The first-order chi connectivity index (χ1) is 8.86. The topological polar surface area (TPSA) is 58.0 Å². The lowest BCUT2D eigenvalue weighted by Gasteiger charge is -2.19. The molecule has 1 heterocycles. The second kappa shape index (κ2) is 5.63. The van der Waals surface area contributed by atoms with Crippen LogP contribution in [0, 0.1) is 5.92 Å². The quantitative estimate of drug-likeness (QED) is 0.837. The molecule has 1 aliphatic carbocycles. The number of hydrogen-bond acceptors (Lipinski definition) is 4. The van der Waals surface area contributed by atoms with E-state index in [9.17, 15) is 5.11 Å². The van der Waals surface area contributed by atoms with E-state index >= 15 is 0 Å². The van der Waals surface area contributed by atoms with E-state index in [0.717, 1.165) is 37.4 Å². The Labute approximate surface area is 119 Å². The normalized spacial score (nSPS) is 23.6. The van der Waals surface area contributed by atoms with Crippen LogP contribution in [0.25, 0.3) is 0 Å². The third-order valence-corrected chi connectivity index (χ3v) is 3.72. The molecule has 0 amide bonds. The Morgan fingerprint density at radius 2 is 2.11 bits per heavy atom. The molecule has 0 aromatic carbocycles. The smallest absolute Gasteiger partial charge is 0.137 e. The molecule has 0 spiro atoms. The summed E-state index contributed by atoms with van der Waals surface area (Å²) in [6, 6.07) is 1.73. The SMILES string of the molecule is CC(C)(C)c1nc(Cl)cc(NCC2CCCC2O)n1. The van der Waals surface area contributed by atoms with Gasteiger partial charge in [0.25, 0.3) is 0 Å². The van der Waals surface area contributed by atoms with Crippen LogP contribution in [0.3, 0.4) is 0 Å². The van der Waals surface area contributed by atoms with Crippen molar-refractivity contribution < 1.29 is 5.11 Å². The van der Waals surface area contributed by atoms with Gasteiger partial charge in [-0.25, -0.2) is 9.97 Å². The molecule has 1 saturated carbocycles. The largest absolute Gasteiger partial charge is 0.393 e. The molecule has 106 valence electrons. The summed E-state index contributed by atoms with van der Waals surface area (Å²) in [5.74, 6) is 1.78. The number of nitrogens with zero attached hydrogens (tertiary/aromatic N) is 2. The monoisotopic (exact) mass is 283 g/mol. The minimum absolute atomic E-state index is 0.131. The highest BCUT2D eigenvalue weighted by molar-refractivity contribution is 6.29. The van der Waals surface area contributed by atoms with Crippen molar-refractivity contribution in [3.8, 4) is 0 Å². The lowest BCUT2D eigenvalue weighted by molar-refractivity contribution is 0.138. The number of anilines is 1. The van der Waals surface area contributed by atoms with Gasteiger partial charge in [-0.1, -0.05) is 38.8 Å². The maximum Gasteiger partial charge on any atom is 0.137 e. The summed E-state index contributed by atoms with van der Waals surface area (Å²) in [6.07, 6.45) is 2.89. The molecule has 2 N–H and O–H groups in total. The first kappa shape index (κ1) is 14.5. The summed E-state index contributed by atoms with van der Waals surface area (Å²) in [7, 11) is 0. The zero-order valence-electron chi connectivity index (χ0n) is 11.8. The van der Waals surface area contributed by atoms with Gasteiger partial charge in [-0.15, -0.1) is 0 Å². The molecule has 0 bridgehead atoms. The predicted molar refractivity (Wildman–Crippen MR) is 77.6 cm³/mol. The standard InChI is InChI=1S/C14H22ClN3O/c1-14(2,3)13-17-11(15)7-12(18-13)16-8-9-5-4-6-10(9)19/h7,9-10,19H,4-6,8H2,1-3H3,(H,16,17,18). The zero-order chi connectivity index (χ0) is 14.0. The average molecular weight is 284 g/mol. The maximum absolute atomic E-state index is 9.81. The third-order valence-electron chi connectivity index (χ3n) is 3.53. The Morgan fingerprint density at radius 1 is 1.37 bits per heavy atom. The molecule has 1 aliphatic rings. The van der Waals surface area contributed by atoms with Gasteiger partial charge in [0.2, 0.25) is 0 Å². The van der Waals surface area contributed by atoms with Crippen LogP contribution in [0.5, 0.6) is 0 Å². The zero-order valence-corrected chi connectivity index (χ0v) is 12.5. The predicted octanol–water partition coefficient (Wildman–Crippen LogP) is 3.00. The summed E-state index contributed by atoms with van der Waals surface area (Å²) < 4.78 is 0. The van der Waals surface area contributed by atoms with Crippen molar-refractivity contribution in [2.75, 3.05) is 11.9 Å². The minimum atomic E-state index is -0.188. The van der Waals surface area contributed by atoms with Crippen LogP contribution in [-0.4, -0.2) is 27.7 Å². The molecule has 2 rings (SSSR count). The molecule has 0 saturated heterocycles. The van der Waals surface area contributed by atoms with E-state index in [-0.39, 0.29) is 11.5 Å². The molecule has 1 aromatic rings. The van der Waals surface area contributed by atoms with Crippen LogP contribution in [0.15, 0.2) is 6.07 Å². The van der Waals surface area contributed by atoms with Gasteiger partial charge < -0.3 is 10.4 Å². The number of aliphatic hydroxyl groups excluding tert-OH is 1. The summed E-state index contributed by atoms with van der Waals surface area (Å²) in [4.78, 5) is 8.77. The van der Waals surface area contributed by atoms with Gasteiger partial charge in [-0.2, -0.15) is 0 Å². The number of aromatic nitrogens is 2. The van der Waals surface area contributed by atoms with E-state index in [4.69, 9.17) is 11.6 Å². The highest BCUT2D eigenvalue weighted by Crippen LogP contribution is 2.26. The minimum Gasteiger partial charge on any atom is -0.393 e. The fourth-order valence-corrected chi connectivity index (χ4v) is 2.52. The van der Waals surface area contributed by atoms with Crippen molar-refractivity contribution in [1.29, 1.82) is 0 Å². The molecule has 19 heavy (non-hydrogen) atoms. The average Bonchev–Trinajstić information content (AvgIpc) is 2.70. The molecule has 0 radical (unpaired) electrons. The van der Waals surface area contributed by atoms with Crippen LogP contribution < -0.4 is 5.32 Å². The van der Waals surface area contributed by atoms with Crippen molar-refractivity contribution >= 4 is 17.4 Å². The molecular formula is C14H22ClN3O. The third kappa shape index (κ3) is 3.80. The highest BCUT2D eigenvalue weighted by Gasteiger charge is 2.25. The summed E-state index contributed by atoms with van der Waals surface area (Å²) >= 11 is 6.04. The summed E-state index contributed by atoms with van der Waals surface area (Å²) in [5.41, 5.74) is -0.131. The van der Waals surface area contributed by atoms with Crippen LogP contribution in [-0.2, 0) is 5.41 Å². The fourth-order valence-electron chi connectivity index (χ4n) is 2.33. The number of hydrogen-bond donors (Lipinski definition) is 2. The van der Waals surface area contributed by atoms with E-state index in [1.165, 1.54) is 0 Å². The summed E-state index contributed by atoms with van der Waals surface area (Å²) in [5, 5.41) is 13.5. The van der Waals surface area contributed by atoms with E-state index in [1.807, 2.05) is 0 Å². The van der Waals surface area contributed by atoms with Gasteiger partial charge in [0.15, 0.2) is 0 Å². The number of halogens is 1. The molecular weight excluding hydrogens is 262 g/mol. The van der Waals surface area contributed by atoms with Crippen LogP contribution in [0.2, 0.25) is 5.15 Å². The molecule has 2 unspecified atom stereocenters. The first-order valence-corrected chi connectivity index (χ1v) is 7.21. The Bertz CT molecular complexity index is 445. The van der Waals surface area contributed by atoms with Gasteiger partial charge >= 0.3 is 0 Å². The number of rotatable bonds is 3. The lowest BCUT2D eigenvalue weighted by atomic mass is 9.96. The molecule has 2 atom stereocenters. The van der Waals surface area contributed by atoms with E-state index in [1.54, 1.807) is 6.07 Å². The molecule has 1 fully saturated rings. The lowest BCUT2D eigenvalue weighted by Crippen LogP contribution is -2.23. The van der Waals surface area contributed by atoms with Gasteiger partial charge in [-0.05, 0) is 12.8 Å². The van der Waals surface area contributed by atoms with Crippen LogP contribution in [0.1, 0.15) is 45.9 Å². The van der Waals surface area contributed by atoms with Gasteiger partial charge in [0.05, 0.1) is 6.10 Å². The highest BCUT2D eigenvalue weighted by atomic mass is 35.5. The molecule has 0 aliphatic heterocycles. The van der Waals surface area contributed by atoms with Gasteiger partial charge in [0, 0.05) is 23.9 Å². The van der Waals surface area contributed by atoms with Crippen molar-refractivity contribution in [3.63, 3.8) is 0 Å². The Balaban J connectivity index is 2.06. The second-order valence-electron chi connectivity index (χ2n) is 6.29. The van der Waals surface area contributed by atoms with E-state index in [0.29, 0.717) is 11.1 Å². The molecule has 4 nitrogen and oxygen atoms in total. The van der Waals surface area contributed by atoms with Crippen molar-refractivity contribution in [3.05, 3.63) is 17.0 Å².